The van der Waals surface area contributed by atoms with Crippen molar-refractivity contribution in [2.45, 2.75) is 12.8 Å². The van der Waals surface area contributed by atoms with Crippen molar-refractivity contribution in [2.75, 3.05) is 23.9 Å². The molecule has 0 radical (unpaired) electrons. The van der Waals surface area contributed by atoms with Crippen LogP contribution in [0.15, 0.2) is 248 Å². The average molecular weight is 1270 g/mol. The van der Waals surface area contributed by atoms with Gasteiger partial charge in [0, 0.05) is 76.3 Å². The Bertz CT molecular complexity index is 2830. The fraction of sp³-hybridized carbons (Fsp3) is 0.0667. The van der Waals surface area contributed by atoms with Gasteiger partial charge in [-0.3, -0.25) is 16.3 Å². The zero-order valence-electron chi connectivity index (χ0n) is 38.7. The van der Waals surface area contributed by atoms with Crippen LogP contribution in [-0.4, -0.2) is 43.5 Å². The number of aromatic nitrogens is 4. The zero-order chi connectivity index (χ0) is 46.3. The first kappa shape index (κ1) is 50.6. The maximum Gasteiger partial charge on any atom is 0.0494 e. The van der Waals surface area contributed by atoms with E-state index in [-0.39, 0.29) is 42.1 Å². The number of rotatable bonds is 6. The molecule has 4 heterocycles. The summed E-state index contributed by atoms with van der Waals surface area (Å²) in [5.74, 6) is 0. The number of hydrogen-bond acceptors (Lipinski definition) is 6. The molecular formula is C60H50N8Pt2-6. The molecule has 4 aliphatic rings. The van der Waals surface area contributed by atoms with Crippen molar-refractivity contribution in [2.24, 2.45) is 0 Å². The van der Waals surface area contributed by atoms with Crippen molar-refractivity contribution in [1.29, 1.82) is 0 Å². The molecule has 2 aliphatic carbocycles. The molecule has 8 aromatic rings. The van der Waals surface area contributed by atoms with Crippen molar-refractivity contribution < 1.29 is 42.1 Å². The minimum absolute atomic E-state index is 0. The third kappa shape index (κ3) is 12.7. The summed E-state index contributed by atoms with van der Waals surface area (Å²) >= 11 is 0. The molecule has 0 saturated carbocycles. The number of anilines is 3. The van der Waals surface area contributed by atoms with Crippen LogP contribution in [0.2, 0.25) is 0 Å². The molecule has 0 N–H and O–H groups in total. The SMILES string of the molecule is CN1[CH-]N(C2=CC=CC=[C-]C2)C2=C1C=CCC=C2.CN1[CH-]N(c2[c-]cccc2)c2ccccc21.[Pt].[Pt].[c-]1nn(-c2ccccc2)cc1-c1ccccc1.[c-]1nn(-c2ccccc2)cc1-c1ccccc1. The third-order valence-corrected chi connectivity index (χ3v) is 11.3. The monoisotopic (exact) mass is 1270 g/mol. The number of likely N-dealkylation sites (N-methyl/N-ethyl adjacent to an activating group) is 1. The van der Waals surface area contributed by atoms with Gasteiger partial charge in [-0.05, 0) is 87.2 Å². The molecule has 2 aliphatic heterocycles. The van der Waals surface area contributed by atoms with E-state index < -0.39 is 0 Å². The minimum Gasteiger partial charge on any atom is -0.504 e. The van der Waals surface area contributed by atoms with Crippen LogP contribution in [0.25, 0.3) is 33.6 Å². The Hall–Kier alpha value is -7.24. The second kappa shape index (κ2) is 25.4. The molecule has 356 valence electrons. The van der Waals surface area contributed by atoms with E-state index in [9.17, 15) is 0 Å². The predicted molar refractivity (Wildman–Crippen MR) is 276 cm³/mol. The molecule has 8 nitrogen and oxygen atoms in total. The zero-order valence-corrected chi connectivity index (χ0v) is 43.3. The fourth-order valence-corrected chi connectivity index (χ4v) is 7.82. The summed E-state index contributed by atoms with van der Waals surface area (Å²) in [4.78, 5) is 8.68. The van der Waals surface area contributed by atoms with E-state index in [1.54, 1.807) is 0 Å². The molecule has 0 amide bonds. The van der Waals surface area contributed by atoms with Crippen LogP contribution in [0.4, 0.5) is 17.1 Å². The van der Waals surface area contributed by atoms with Gasteiger partial charge in [-0.2, -0.15) is 43.7 Å². The van der Waals surface area contributed by atoms with Gasteiger partial charge in [0.2, 0.25) is 0 Å². The van der Waals surface area contributed by atoms with Crippen LogP contribution in [0.1, 0.15) is 12.8 Å². The van der Waals surface area contributed by atoms with Crippen molar-refractivity contribution in [1.82, 2.24) is 29.4 Å². The van der Waals surface area contributed by atoms with Gasteiger partial charge in [-0.1, -0.05) is 122 Å². The largest absolute Gasteiger partial charge is 0.504 e. The van der Waals surface area contributed by atoms with Crippen molar-refractivity contribution in [3.8, 4) is 33.6 Å². The van der Waals surface area contributed by atoms with E-state index in [2.05, 4.69) is 173 Å². The van der Waals surface area contributed by atoms with E-state index >= 15 is 0 Å². The molecule has 2 aromatic heterocycles. The second-order valence-corrected chi connectivity index (χ2v) is 15.9. The molecule has 0 atom stereocenters. The normalized spacial score (nSPS) is 13.9. The summed E-state index contributed by atoms with van der Waals surface area (Å²) in [6.07, 6.45) is 32.2. The first-order valence-corrected chi connectivity index (χ1v) is 22.5. The van der Waals surface area contributed by atoms with Gasteiger partial charge < -0.3 is 29.0 Å². The average Bonchev–Trinajstić information content (AvgIpc) is 4.15. The predicted octanol–water partition coefficient (Wildman–Crippen LogP) is 13.2. The second-order valence-electron chi connectivity index (χ2n) is 15.9. The van der Waals surface area contributed by atoms with Crippen molar-refractivity contribution in [3.63, 3.8) is 0 Å². The van der Waals surface area contributed by atoms with E-state index in [1.807, 2.05) is 149 Å². The summed E-state index contributed by atoms with van der Waals surface area (Å²) in [5, 5.41) is 8.51. The summed E-state index contributed by atoms with van der Waals surface area (Å²) < 4.78 is 3.67. The standard InChI is InChI=1S/C16H16N2.2C15H11N2.C14H12N2.2Pt/c1-17-13-18(14-9-5-2-3-6-10-14)16-12-8-4-7-11-15(16)17;2*1-3-7-13(8-4-1)14-11-16-17(12-14)15-9-5-2-6-10-15;1-15-11-16(12-7-3-2-4-8-12)14-10-6-5-9-13(14)15;;/h2-3,5,7-9,11-13H,4,10H2,1H3;2*1-10,12H;2-7,9-11H,1H3;;/q-2;2*-1;-2;;. The molecule has 0 bridgehead atoms. The number of fused-ring (bicyclic) bond motifs is 1. The number of benzene rings is 6. The van der Waals surface area contributed by atoms with E-state index in [4.69, 9.17) is 0 Å². The summed E-state index contributed by atoms with van der Waals surface area (Å²) in [6, 6.07) is 60.0. The number of para-hydroxylation sites is 5. The minimum atomic E-state index is 0. The van der Waals surface area contributed by atoms with Crippen LogP contribution in [0, 0.1) is 37.9 Å². The van der Waals surface area contributed by atoms with Crippen LogP contribution < -0.4 is 9.80 Å². The Morgan fingerprint density at radius 2 is 1.03 bits per heavy atom. The first-order chi connectivity index (χ1) is 33.6. The molecule has 0 fully saturated rings. The van der Waals surface area contributed by atoms with Crippen LogP contribution in [0.5, 0.6) is 0 Å². The van der Waals surface area contributed by atoms with Crippen molar-refractivity contribution in [3.05, 3.63) is 286 Å². The van der Waals surface area contributed by atoms with Gasteiger partial charge in [0.1, 0.15) is 0 Å². The fourth-order valence-electron chi connectivity index (χ4n) is 7.82. The molecule has 12 rings (SSSR count). The Balaban J connectivity index is 0.000000136. The topological polar surface area (TPSA) is 48.6 Å². The number of hydrogen-bond donors (Lipinski definition) is 0. The molecule has 0 unspecified atom stereocenters. The molecule has 0 saturated heterocycles. The van der Waals surface area contributed by atoms with E-state index in [0.29, 0.717) is 0 Å². The molecule has 0 spiro atoms. The summed E-state index contributed by atoms with van der Waals surface area (Å²) in [5.41, 5.74) is 13.6. The van der Waals surface area contributed by atoms with Crippen LogP contribution in [0.3, 0.4) is 0 Å². The smallest absolute Gasteiger partial charge is 0.0494 e. The molecule has 70 heavy (non-hydrogen) atoms. The van der Waals surface area contributed by atoms with Gasteiger partial charge in [0.15, 0.2) is 0 Å². The molecular weight excluding hydrogens is 1220 g/mol. The number of nitrogens with zero attached hydrogens (tertiary/aromatic N) is 8. The van der Waals surface area contributed by atoms with Crippen molar-refractivity contribution >= 4 is 17.1 Å². The van der Waals surface area contributed by atoms with E-state index in [0.717, 1.165) is 52.2 Å². The van der Waals surface area contributed by atoms with Gasteiger partial charge in [-0.15, -0.1) is 58.3 Å². The Morgan fingerprint density at radius 1 is 0.514 bits per heavy atom. The van der Waals surface area contributed by atoms with Crippen LogP contribution in [-0.2, 0) is 42.1 Å². The summed E-state index contributed by atoms with van der Waals surface area (Å²) in [7, 11) is 4.15. The van der Waals surface area contributed by atoms with Gasteiger partial charge in [-0.25, -0.2) is 12.2 Å². The first-order valence-electron chi connectivity index (χ1n) is 22.5. The Morgan fingerprint density at radius 3 is 1.60 bits per heavy atom. The van der Waals surface area contributed by atoms with Gasteiger partial charge >= 0.3 is 0 Å². The molecule has 10 heteroatoms. The third-order valence-electron chi connectivity index (χ3n) is 11.3. The Kier molecular flexibility index (Phi) is 18.4. The summed E-state index contributed by atoms with van der Waals surface area (Å²) in [6.45, 7) is 4.22. The number of allylic oxidation sites excluding steroid dienone is 9. The van der Waals surface area contributed by atoms with Gasteiger partial charge in [0.05, 0.1) is 0 Å². The maximum absolute atomic E-state index is 4.25. The quantitative estimate of drug-likeness (QED) is 0.155. The van der Waals surface area contributed by atoms with Crippen LogP contribution >= 0.6 is 0 Å². The van der Waals surface area contributed by atoms with Gasteiger partial charge in [0.25, 0.3) is 0 Å². The Labute approximate surface area is 441 Å². The van der Waals surface area contributed by atoms with E-state index in [1.165, 1.54) is 28.5 Å². The maximum atomic E-state index is 4.25. The molecule has 6 aromatic carbocycles.